The standard InChI is InChI=1S/C24H29N3O4S2/c1-4-14-26-21-13-10-19(31-3)16-22(21)32-24(26)25-23(28)18-8-11-20(12-9-18)33(29,30)27-15-6-5-7-17(27)2/h8-13,16-17H,4-7,14-15H2,1-3H3. The van der Waals surface area contributed by atoms with Crippen molar-refractivity contribution in [3.05, 3.63) is 52.8 Å². The third-order valence-electron chi connectivity index (χ3n) is 5.98. The lowest BCUT2D eigenvalue weighted by Crippen LogP contribution is -2.41. The average Bonchev–Trinajstić information content (AvgIpc) is 3.15. The summed E-state index contributed by atoms with van der Waals surface area (Å²) in [6.45, 7) is 5.30. The summed E-state index contributed by atoms with van der Waals surface area (Å²) < 4.78 is 36.0. The summed E-state index contributed by atoms with van der Waals surface area (Å²) in [5, 5.41) is 0. The highest BCUT2D eigenvalue weighted by Crippen LogP contribution is 2.26. The number of fused-ring (bicyclic) bond motifs is 1. The molecule has 2 heterocycles. The highest BCUT2D eigenvalue weighted by atomic mass is 32.2. The molecular weight excluding hydrogens is 458 g/mol. The van der Waals surface area contributed by atoms with Gasteiger partial charge in [-0.05, 0) is 68.7 Å². The number of benzene rings is 2. The SMILES string of the molecule is CCCn1c(=NC(=O)c2ccc(S(=O)(=O)N3CCCCC3C)cc2)sc2cc(OC)ccc21. The fraction of sp³-hybridized carbons (Fsp3) is 0.417. The minimum atomic E-state index is -3.57. The molecule has 1 aliphatic rings. The summed E-state index contributed by atoms with van der Waals surface area (Å²) in [5.41, 5.74) is 1.37. The first-order valence-electron chi connectivity index (χ1n) is 11.2. The number of amides is 1. The first kappa shape index (κ1) is 23.7. The van der Waals surface area contributed by atoms with Gasteiger partial charge in [0.05, 0.1) is 22.2 Å². The van der Waals surface area contributed by atoms with Gasteiger partial charge in [-0.3, -0.25) is 4.79 Å². The van der Waals surface area contributed by atoms with Crippen molar-refractivity contribution in [2.75, 3.05) is 13.7 Å². The molecule has 0 saturated carbocycles. The summed E-state index contributed by atoms with van der Waals surface area (Å²) in [6, 6.07) is 11.9. The van der Waals surface area contributed by atoms with Crippen LogP contribution in [-0.4, -0.2) is 42.9 Å². The van der Waals surface area contributed by atoms with Crippen LogP contribution >= 0.6 is 11.3 Å². The van der Waals surface area contributed by atoms with Crippen molar-refractivity contribution in [3.63, 3.8) is 0 Å². The van der Waals surface area contributed by atoms with E-state index in [1.165, 1.54) is 23.5 Å². The smallest absolute Gasteiger partial charge is 0.279 e. The number of carbonyl (C=O) groups excluding carboxylic acids is 1. The zero-order valence-corrected chi connectivity index (χ0v) is 20.8. The zero-order chi connectivity index (χ0) is 23.6. The first-order chi connectivity index (χ1) is 15.8. The Labute approximate surface area is 198 Å². The van der Waals surface area contributed by atoms with Gasteiger partial charge < -0.3 is 9.30 Å². The lowest BCUT2D eigenvalue weighted by molar-refractivity contribution is 0.0997. The molecule has 1 aliphatic heterocycles. The third kappa shape index (κ3) is 4.76. The predicted octanol–water partition coefficient (Wildman–Crippen LogP) is 4.43. The molecule has 0 aliphatic carbocycles. The third-order valence-corrected chi connectivity index (χ3v) is 9.05. The van der Waals surface area contributed by atoms with E-state index in [1.54, 1.807) is 23.5 Å². The van der Waals surface area contributed by atoms with Crippen LogP contribution in [0.1, 0.15) is 49.9 Å². The molecule has 0 bridgehead atoms. The fourth-order valence-corrected chi connectivity index (χ4v) is 6.97. The molecule has 7 nitrogen and oxygen atoms in total. The van der Waals surface area contributed by atoms with E-state index in [0.29, 0.717) is 16.9 Å². The molecule has 2 aromatic carbocycles. The van der Waals surface area contributed by atoms with Crippen LogP contribution in [0.2, 0.25) is 0 Å². The van der Waals surface area contributed by atoms with E-state index in [9.17, 15) is 13.2 Å². The quantitative estimate of drug-likeness (QED) is 0.515. The lowest BCUT2D eigenvalue weighted by atomic mass is 10.1. The number of hydrogen-bond acceptors (Lipinski definition) is 5. The van der Waals surface area contributed by atoms with Gasteiger partial charge in [-0.1, -0.05) is 24.7 Å². The van der Waals surface area contributed by atoms with E-state index in [4.69, 9.17) is 4.74 Å². The van der Waals surface area contributed by atoms with Gasteiger partial charge in [-0.15, -0.1) is 0 Å². The van der Waals surface area contributed by atoms with Crippen LogP contribution in [0.15, 0.2) is 52.4 Å². The van der Waals surface area contributed by atoms with E-state index in [0.717, 1.165) is 48.2 Å². The second kappa shape index (κ2) is 9.79. The predicted molar refractivity (Wildman–Crippen MR) is 130 cm³/mol. The largest absolute Gasteiger partial charge is 0.497 e. The Bertz CT molecular complexity index is 1320. The molecule has 3 aromatic rings. The van der Waals surface area contributed by atoms with Crippen LogP contribution in [-0.2, 0) is 16.6 Å². The molecule has 1 unspecified atom stereocenters. The summed E-state index contributed by atoms with van der Waals surface area (Å²) in [7, 11) is -1.95. The van der Waals surface area contributed by atoms with Crippen LogP contribution in [0.4, 0.5) is 0 Å². The van der Waals surface area contributed by atoms with Gasteiger partial charge in [0.2, 0.25) is 10.0 Å². The molecule has 1 fully saturated rings. The molecule has 0 spiro atoms. The Hall–Kier alpha value is -2.49. The van der Waals surface area contributed by atoms with E-state index in [2.05, 4.69) is 11.9 Å². The van der Waals surface area contributed by atoms with Crippen molar-refractivity contribution in [1.29, 1.82) is 0 Å². The monoisotopic (exact) mass is 487 g/mol. The molecule has 9 heteroatoms. The van der Waals surface area contributed by atoms with Crippen molar-refractivity contribution >= 4 is 37.5 Å². The van der Waals surface area contributed by atoms with Crippen molar-refractivity contribution in [2.45, 2.75) is 57.0 Å². The summed E-state index contributed by atoms with van der Waals surface area (Å²) in [6.07, 6.45) is 3.69. The number of sulfonamides is 1. The molecule has 1 saturated heterocycles. The van der Waals surface area contributed by atoms with Gasteiger partial charge in [-0.2, -0.15) is 9.30 Å². The normalized spacial score (nSPS) is 18.0. The molecule has 1 amide bonds. The summed E-state index contributed by atoms with van der Waals surface area (Å²) in [5.74, 6) is 0.360. The van der Waals surface area contributed by atoms with Crippen molar-refractivity contribution in [1.82, 2.24) is 8.87 Å². The number of ether oxygens (including phenoxy) is 1. The highest BCUT2D eigenvalue weighted by Gasteiger charge is 2.30. The van der Waals surface area contributed by atoms with E-state index < -0.39 is 15.9 Å². The molecule has 1 aromatic heterocycles. The number of aryl methyl sites for hydroxylation is 1. The molecule has 4 rings (SSSR count). The maximum Gasteiger partial charge on any atom is 0.279 e. The maximum absolute atomic E-state index is 13.0. The highest BCUT2D eigenvalue weighted by molar-refractivity contribution is 7.89. The molecule has 1 atom stereocenters. The van der Waals surface area contributed by atoms with Gasteiger partial charge in [0.1, 0.15) is 5.75 Å². The number of methoxy groups -OCH3 is 1. The number of piperidine rings is 1. The first-order valence-corrected chi connectivity index (χ1v) is 13.5. The van der Waals surface area contributed by atoms with Crippen LogP contribution in [0.3, 0.4) is 0 Å². The van der Waals surface area contributed by atoms with E-state index >= 15 is 0 Å². The topological polar surface area (TPSA) is 81.0 Å². The van der Waals surface area contributed by atoms with Crippen LogP contribution in [0.25, 0.3) is 10.2 Å². The fourth-order valence-electron chi connectivity index (χ4n) is 4.19. The van der Waals surface area contributed by atoms with Crippen LogP contribution in [0.5, 0.6) is 5.75 Å². The van der Waals surface area contributed by atoms with Gasteiger partial charge >= 0.3 is 0 Å². The van der Waals surface area contributed by atoms with E-state index in [1.807, 2.05) is 29.7 Å². The van der Waals surface area contributed by atoms with E-state index in [-0.39, 0.29) is 10.9 Å². The molecular formula is C24H29N3O4S2. The molecule has 176 valence electrons. The van der Waals surface area contributed by atoms with Crippen molar-refractivity contribution in [3.8, 4) is 5.75 Å². The zero-order valence-electron chi connectivity index (χ0n) is 19.2. The number of rotatable bonds is 6. The van der Waals surface area contributed by atoms with Gasteiger partial charge in [0.25, 0.3) is 5.91 Å². The van der Waals surface area contributed by atoms with Crippen molar-refractivity contribution in [2.24, 2.45) is 4.99 Å². The number of aromatic nitrogens is 1. The van der Waals surface area contributed by atoms with Gasteiger partial charge in [0, 0.05) is 24.7 Å². The Balaban J connectivity index is 1.65. The Morgan fingerprint density at radius 3 is 2.61 bits per heavy atom. The Morgan fingerprint density at radius 1 is 1.18 bits per heavy atom. The Kier molecular flexibility index (Phi) is 7.02. The van der Waals surface area contributed by atoms with Gasteiger partial charge in [0.15, 0.2) is 4.80 Å². The molecule has 0 N–H and O–H groups in total. The summed E-state index contributed by atoms with van der Waals surface area (Å²) >= 11 is 1.44. The summed E-state index contributed by atoms with van der Waals surface area (Å²) in [4.78, 5) is 18.1. The van der Waals surface area contributed by atoms with Crippen LogP contribution < -0.4 is 9.54 Å². The minimum absolute atomic E-state index is 0.0133. The number of carbonyl (C=O) groups is 1. The minimum Gasteiger partial charge on any atom is -0.497 e. The van der Waals surface area contributed by atoms with Gasteiger partial charge in [-0.25, -0.2) is 8.42 Å². The second-order valence-corrected chi connectivity index (χ2v) is 11.2. The number of hydrogen-bond donors (Lipinski definition) is 0. The number of nitrogens with zero attached hydrogens (tertiary/aromatic N) is 3. The van der Waals surface area contributed by atoms with Crippen LogP contribution in [0, 0.1) is 0 Å². The van der Waals surface area contributed by atoms with Crippen molar-refractivity contribution < 1.29 is 17.9 Å². The maximum atomic E-state index is 13.0. The average molecular weight is 488 g/mol. The molecule has 0 radical (unpaired) electrons. The lowest BCUT2D eigenvalue weighted by Gasteiger charge is -2.32. The Morgan fingerprint density at radius 2 is 1.94 bits per heavy atom. The second-order valence-electron chi connectivity index (χ2n) is 8.27. The number of thiazole rings is 1. The molecule has 33 heavy (non-hydrogen) atoms.